The van der Waals surface area contributed by atoms with Crippen molar-refractivity contribution in [1.82, 2.24) is 0 Å². The first-order valence-corrected chi connectivity index (χ1v) is 4.23. The average molecular weight is 204 g/mol. The van der Waals surface area contributed by atoms with E-state index in [1.54, 1.807) is 13.8 Å². The lowest BCUT2D eigenvalue weighted by atomic mass is 9.88. The van der Waals surface area contributed by atoms with Crippen molar-refractivity contribution in [2.75, 3.05) is 0 Å². The second-order valence-corrected chi connectivity index (χ2v) is 3.67. The fraction of sp³-hybridized carbons (Fsp3) is 0.750. The normalized spacial score (nSPS) is 14.1. The predicted molar refractivity (Wildman–Crippen MR) is 48.5 cm³/mol. The van der Waals surface area contributed by atoms with Gasteiger partial charge in [0.05, 0.1) is 0 Å². The summed E-state index contributed by atoms with van der Waals surface area (Å²) in [6.45, 7) is 3.51. The SMILES string of the molecule is CC(C)C[C@@H](C(N)=O)C(O)(O)C(N)=O. The Balaban J connectivity index is 4.82. The Kier molecular flexibility index (Phi) is 4.03. The number of amides is 2. The van der Waals surface area contributed by atoms with E-state index in [1.807, 2.05) is 0 Å². The van der Waals surface area contributed by atoms with Crippen LogP contribution in [-0.4, -0.2) is 27.8 Å². The number of hydrogen-bond acceptors (Lipinski definition) is 4. The lowest BCUT2D eigenvalue weighted by molar-refractivity contribution is -0.205. The topological polar surface area (TPSA) is 127 Å². The van der Waals surface area contributed by atoms with Gasteiger partial charge in [-0.25, -0.2) is 0 Å². The molecule has 0 radical (unpaired) electrons. The van der Waals surface area contributed by atoms with Crippen molar-refractivity contribution in [2.45, 2.75) is 26.1 Å². The summed E-state index contributed by atoms with van der Waals surface area (Å²) in [5, 5.41) is 18.5. The molecule has 0 fully saturated rings. The van der Waals surface area contributed by atoms with Gasteiger partial charge in [-0.3, -0.25) is 9.59 Å². The van der Waals surface area contributed by atoms with Gasteiger partial charge in [-0.1, -0.05) is 13.8 Å². The maximum Gasteiger partial charge on any atom is 0.278 e. The van der Waals surface area contributed by atoms with E-state index in [0.29, 0.717) is 0 Å². The van der Waals surface area contributed by atoms with Gasteiger partial charge in [0.1, 0.15) is 5.92 Å². The summed E-state index contributed by atoms with van der Waals surface area (Å²) in [7, 11) is 0. The van der Waals surface area contributed by atoms with Crippen LogP contribution in [0.3, 0.4) is 0 Å². The van der Waals surface area contributed by atoms with Gasteiger partial charge in [0.25, 0.3) is 11.7 Å². The molecule has 0 aliphatic rings. The molecule has 0 rings (SSSR count). The van der Waals surface area contributed by atoms with Crippen LogP contribution in [0.1, 0.15) is 20.3 Å². The van der Waals surface area contributed by atoms with Crippen LogP contribution in [-0.2, 0) is 9.59 Å². The van der Waals surface area contributed by atoms with Crippen LogP contribution in [0.4, 0.5) is 0 Å². The number of rotatable bonds is 5. The third-order valence-electron chi connectivity index (χ3n) is 1.90. The van der Waals surface area contributed by atoms with Gasteiger partial charge in [0.2, 0.25) is 5.91 Å². The van der Waals surface area contributed by atoms with Crippen LogP contribution in [0.15, 0.2) is 0 Å². The molecular formula is C8H16N2O4. The molecule has 0 bridgehead atoms. The highest BCUT2D eigenvalue weighted by Gasteiger charge is 2.44. The molecule has 2 amide bonds. The highest BCUT2D eigenvalue weighted by molar-refractivity contribution is 5.89. The molecule has 6 N–H and O–H groups in total. The van der Waals surface area contributed by atoms with Crippen molar-refractivity contribution in [3.8, 4) is 0 Å². The standard InChI is InChI=1S/C8H16N2O4/c1-4(2)3-5(6(9)11)8(13,14)7(10)12/h4-5,13-14H,3H2,1-2H3,(H2,9,11)(H2,10,12)/t5-/m0/s1. The van der Waals surface area contributed by atoms with E-state index in [1.165, 1.54) is 0 Å². The number of carbonyl (C=O) groups excluding carboxylic acids is 2. The van der Waals surface area contributed by atoms with Gasteiger partial charge in [0, 0.05) is 0 Å². The zero-order chi connectivity index (χ0) is 11.5. The van der Waals surface area contributed by atoms with Crippen LogP contribution in [0.25, 0.3) is 0 Å². The molecule has 82 valence electrons. The Morgan fingerprint density at radius 3 is 1.93 bits per heavy atom. The first-order valence-electron chi connectivity index (χ1n) is 4.23. The van der Waals surface area contributed by atoms with E-state index < -0.39 is 23.5 Å². The first kappa shape index (κ1) is 12.9. The summed E-state index contributed by atoms with van der Waals surface area (Å²) >= 11 is 0. The number of nitrogens with two attached hydrogens (primary N) is 2. The van der Waals surface area contributed by atoms with Gasteiger partial charge >= 0.3 is 0 Å². The van der Waals surface area contributed by atoms with Crippen molar-refractivity contribution in [3.05, 3.63) is 0 Å². The summed E-state index contributed by atoms with van der Waals surface area (Å²) < 4.78 is 0. The van der Waals surface area contributed by atoms with E-state index in [-0.39, 0.29) is 12.3 Å². The van der Waals surface area contributed by atoms with E-state index >= 15 is 0 Å². The molecule has 6 nitrogen and oxygen atoms in total. The van der Waals surface area contributed by atoms with Crippen LogP contribution in [0.2, 0.25) is 0 Å². The summed E-state index contributed by atoms with van der Waals surface area (Å²) in [5.41, 5.74) is 9.68. The Morgan fingerprint density at radius 2 is 1.71 bits per heavy atom. The third kappa shape index (κ3) is 2.97. The Hall–Kier alpha value is -1.14. The zero-order valence-electron chi connectivity index (χ0n) is 8.23. The minimum Gasteiger partial charge on any atom is -0.369 e. The minimum atomic E-state index is -2.86. The average Bonchev–Trinajstić information content (AvgIpc) is 1.98. The number of carbonyl (C=O) groups is 2. The van der Waals surface area contributed by atoms with Gasteiger partial charge in [-0.05, 0) is 12.3 Å². The van der Waals surface area contributed by atoms with Crippen molar-refractivity contribution < 1.29 is 19.8 Å². The monoisotopic (exact) mass is 204 g/mol. The fourth-order valence-corrected chi connectivity index (χ4v) is 1.12. The molecule has 0 aromatic heterocycles. The smallest absolute Gasteiger partial charge is 0.278 e. The molecule has 0 spiro atoms. The van der Waals surface area contributed by atoms with E-state index in [2.05, 4.69) is 0 Å². The number of hydrogen-bond donors (Lipinski definition) is 4. The van der Waals surface area contributed by atoms with E-state index in [4.69, 9.17) is 11.5 Å². The molecule has 0 heterocycles. The lowest BCUT2D eigenvalue weighted by Gasteiger charge is -2.26. The molecule has 0 saturated carbocycles. The number of aliphatic hydroxyl groups is 2. The molecule has 0 aliphatic heterocycles. The van der Waals surface area contributed by atoms with E-state index in [0.717, 1.165) is 0 Å². The van der Waals surface area contributed by atoms with Gasteiger partial charge in [0.15, 0.2) is 0 Å². The third-order valence-corrected chi connectivity index (χ3v) is 1.90. The second kappa shape index (κ2) is 4.39. The lowest BCUT2D eigenvalue weighted by Crippen LogP contribution is -2.54. The van der Waals surface area contributed by atoms with Crippen molar-refractivity contribution in [3.63, 3.8) is 0 Å². The minimum absolute atomic E-state index is 0.00877. The van der Waals surface area contributed by atoms with Gasteiger partial charge in [-0.2, -0.15) is 0 Å². The van der Waals surface area contributed by atoms with Crippen LogP contribution >= 0.6 is 0 Å². The molecular weight excluding hydrogens is 188 g/mol. The maximum absolute atomic E-state index is 10.9. The molecule has 0 unspecified atom stereocenters. The summed E-state index contributed by atoms with van der Waals surface area (Å²) in [5.74, 6) is -6.58. The van der Waals surface area contributed by atoms with Crippen molar-refractivity contribution in [1.29, 1.82) is 0 Å². The fourth-order valence-electron chi connectivity index (χ4n) is 1.12. The molecule has 0 aromatic carbocycles. The van der Waals surface area contributed by atoms with E-state index in [9.17, 15) is 19.8 Å². The molecule has 0 aromatic rings. The highest BCUT2D eigenvalue weighted by Crippen LogP contribution is 2.22. The molecule has 0 aliphatic carbocycles. The van der Waals surface area contributed by atoms with Crippen molar-refractivity contribution >= 4 is 11.8 Å². The quantitative estimate of drug-likeness (QED) is 0.398. The molecule has 14 heavy (non-hydrogen) atoms. The largest absolute Gasteiger partial charge is 0.369 e. The van der Waals surface area contributed by atoms with Crippen molar-refractivity contribution in [2.24, 2.45) is 23.3 Å². The Bertz CT molecular complexity index is 237. The zero-order valence-corrected chi connectivity index (χ0v) is 8.23. The Morgan fingerprint density at radius 1 is 1.29 bits per heavy atom. The summed E-state index contributed by atoms with van der Waals surface area (Å²) in [6, 6.07) is 0. The Labute approximate surface area is 81.9 Å². The summed E-state index contributed by atoms with van der Waals surface area (Å²) in [4.78, 5) is 21.5. The van der Waals surface area contributed by atoms with Crippen LogP contribution < -0.4 is 11.5 Å². The molecule has 1 atom stereocenters. The van der Waals surface area contributed by atoms with Crippen LogP contribution in [0.5, 0.6) is 0 Å². The molecule has 6 heteroatoms. The predicted octanol–water partition coefficient (Wildman–Crippen LogP) is -1.70. The van der Waals surface area contributed by atoms with Gasteiger partial charge in [-0.15, -0.1) is 0 Å². The maximum atomic E-state index is 10.9. The van der Waals surface area contributed by atoms with Gasteiger partial charge < -0.3 is 21.7 Å². The highest BCUT2D eigenvalue weighted by atomic mass is 16.5. The second-order valence-electron chi connectivity index (χ2n) is 3.67. The summed E-state index contributed by atoms with van der Waals surface area (Å²) in [6.07, 6.45) is 0.0886. The first-order chi connectivity index (χ1) is 6.19. The number of primary amides is 2. The van der Waals surface area contributed by atoms with Crippen LogP contribution in [0, 0.1) is 11.8 Å². The molecule has 0 saturated heterocycles.